The van der Waals surface area contributed by atoms with E-state index in [9.17, 15) is 18.0 Å². The number of benzene rings is 1. The third kappa shape index (κ3) is 6.22. The Bertz CT molecular complexity index is 992. The number of hydrogen-bond acceptors (Lipinski definition) is 5. The van der Waals surface area contributed by atoms with E-state index < -0.39 is 23.2 Å². The maximum absolute atomic E-state index is 13.8. The lowest BCUT2D eigenvalue weighted by molar-refractivity contribution is -0.138. The van der Waals surface area contributed by atoms with E-state index in [4.69, 9.17) is 0 Å². The van der Waals surface area contributed by atoms with Crippen molar-refractivity contribution in [2.45, 2.75) is 44.9 Å². The molecule has 1 saturated heterocycles. The van der Waals surface area contributed by atoms with Crippen LogP contribution in [0.5, 0.6) is 0 Å². The quantitative estimate of drug-likeness (QED) is 0.471. The van der Waals surface area contributed by atoms with E-state index in [2.05, 4.69) is 69.6 Å². The Balaban J connectivity index is 1.93. The monoisotopic (exact) mass is 544 g/mol. The number of pyridine rings is 1. The molecule has 1 aliphatic heterocycles. The maximum Gasteiger partial charge on any atom is 0.417 e. The van der Waals surface area contributed by atoms with Crippen LogP contribution < -0.4 is 10.2 Å². The second-order valence-corrected chi connectivity index (χ2v) is 9.79. The van der Waals surface area contributed by atoms with E-state index in [1.54, 1.807) is 6.07 Å². The molecular formula is C23H28BrF3N4OS. The molecule has 0 saturated carbocycles. The van der Waals surface area contributed by atoms with Crippen LogP contribution in [0.2, 0.25) is 0 Å². The number of carbonyl (C=O) groups excluding carboxylic acids is 1. The van der Waals surface area contributed by atoms with Gasteiger partial charge in [-0.15, -0.1) is 0 Å². The highest BCUT2D eigenvalue weighted by molar-refractivity contribution is 9.10. The highest BCUT2D eigenvalue weighted by Gasteiger charge is 2.36. The molecule has 1 N–H and O–H groups in total. The highest BCUT2D eigenvalue weighted by Crippen LogP contribution is 2.35. The first-order valence-corrected chi connectivity index (χ1v) is 12.2. The molecule has 2 aromatic rings. The van der Waals surface area contributed by atoms with Gasteiger partial charge < -0.3 is 10.2 Å². The van der Waals surface area contributed by atoms with Gasteiger partial charge in [0.25, 0.3) is 5.91 Å². The average Bonchev–Trinajstić information content (AvgIpc) is 2.75. The zero-order chi connectivity index (χ0) is 24.3. The first kappa shape index (κ1) is 25.8. The molecule has 10 heteroatoms. The third-order valence-electron chi connectivity index (χ3n) is 6.01. The molecule has 2 heterocycles. The van der Waals surface area contributed by atoms with Crippen LogP contribution in [0.15, 0.2) is 34.9 Å². The number of piperazine rings is 1. The van der Waals surface area contributed by atoms with Crippen molar-refractivity contribution < 1.29 is 18.0 Å². The molecule has 1 aliphatic rings. The summed E-state index contributed by atoms with van der Waals surface area (Å²) in [5.74, 6) is -0.300. The minimum Gasteiger partial charge on any atom is -0.367 e. The summed E-state index contributed by atoms with van der Waals surface area (Å²) in [6.45, 7) is 5.72. The number of halogens is 4. The van der Waals surface area contributed by atoms with Crippen molar-refractivity contribution >= 4 is 45.8 Å². The summed E-state index contributed by atoms with van der Waals surface area (Å²) in [5, 5.41) is 2.70. The van der Waals surface area contributed by atoms with Crippen LogP contribution in [0.1, 0.15) is 41.9 Å². The molecule has 2 atom stereocenters. The van der Waals surface area contributed by atoms with E-state index >= 15 is 0 Å². The summed E-state index contributed by atoms with van der Waals surface area (Å²) in [7, 11) is 2.07. The van der Waals surface area contributed by atoms with Gasteiger partial charge in [0.2, 0.25) is 0 Å². The van der Waals surface area contributed by atoms with Gasteiger partial charge in [0.1, 0.15) is 0 Å². The number of hydrogen-bond donors (Lipinski definition) is 2. The number of nitrogens with one attached hydrogen (secondary N) is 1. The largest absolute Gasteiger partial charge is 0.417 e. The Labute approximate surface area is 206 Å². The van der Waals surface area contributed by atoms with Gasteiger partial charge in [-0.25, -0.2) is 0 Å². The SMILES string of the molecule is C[C@@H]1CN(c2ccc(Br)cc2NC(=O)c2cnc(CCCS)cc2C(F)(F)F)C[C@H](C)N1C. The maximum atomic E-state index is 13.8. The van der Waals surface area contributed by atoms with Crippen molar-refractivity contribution in [3.63, 3.8) is 0 Å². The summed E-state index contributed by atoms with van der Waals surface area (Å²) in [5.41, 5.74) is 0.0260. The van der Waals surface area contributed by atoms with Gasteiger partial charge in [-0.05, 0) is 63.8 Å². The molecule has 33 heavy (non-hydrogen) atoms. The standard InChI is InChI=1S/C23H28BrF3N4OS/c1-14-12-31(13-15(2)30(14)3)21-7-6-16(24)9-20(21)29-22(32)18-11-28-17(5-4-8-33)10-19(18)23(25,26)27/h6-7,9-11,14-15,33H,4-5,8,12-13H2,1-3H3,(H,29,32)/t14-,15+. The van der Waals surface area contributed by atoms with Gasteiger partial charge in [-0.1, -0.05) is 15.9 Å². The molecule has 0 bridgehead atoms. The Hall–Kier alpha value is -1.78. The fourth-order valence-electron chi connectivity index (χ4n) is 3.99. The van der Waals surface area contributed by atoms with Gasteiger partial charge in [0.05, 0.1) is 22.5 Å². The smallest absolute Gasteiger partial charge is 0.367 e. The molecule has 1 aromatic heterocycles. The summed E-state index contributed by atoms with van der Waals surface area (Å²) in [6.07, 6.45) is -2.69. The van der Waals surface area contributed by atoms with E-state index in [0.717, 1.165) is 31.0 Å². The fraction of sp³-hybridized carbons (Fsp3) is 0.478. The van der Waals surface area contributed by atoms with Crippen molar-refractivity contribution in [1.82, 2.24) is 9.88 Å². The Morgan fingerprint density at radius 2 is 1.91 bits per heavy atom. The van der Waals surface area contributed by atoms with Crippen molar-refractivity contribution in [3.05, 3.63) is 51.8 Å². The molecule has 0 radical (unpaired) electrons. The van der Waals surface area contributed by atoms with Gasteiger partial charge in [0.15, 0.2) is 0 Å². The molecule has 1 fully saturated rings. The fourth-order valence-corrected chi connectivity index (χ4v) is 4.51. The number of aryl methyl sites for hydroxylation is 1. The molecule has 1 aromatic carbocycles. The summed E-state index contributed by atoms with van der Waals surface area (Å²) in [4.78, 5) is 21.6. The molecule has 0 aliphatic carbocycles. The summed E-state index contributed by atoms with van der Waals surface area (Å²) in [6, 6.07) is 6.97. The zero-order valence-electron chi connectivity index (χ0n) is 18.8. The predicted molar refractivity (Wildman–Crippen MR) is 132 cm³/mol. The number of alkyl halides is 3. The van der Waals surface area contributed by atoms with Gasteiger partial charge in [-0.2, -0.15) is 25.8 Å². The van der Waals surface area contributed by atoms with Crippen LogP contribution in [-0.4, -0.2) is 53.8 Å². The number of nitrogens with zero attached hydrogens (tertiary/aromatic N) is 3. The van der Waals surface area contributed by atoms with E-state index in [-0.39, 0.29) is 17.8 Å². The number of carbonyl (C=O) groups is 1. The van der Waals surface area contributed by atoms with E-state index in [1.807, 2.05) is 12.1 Å². The normalized spacial score (nSPS) is 19.6. The second-order valence-electron chi connectivity index (χ2n) is 8.43. The number of thiol groups is 1. The van der Waals surface area contributed by atoms with Gasteiger partial charge in [0, 0.05) is 41.5 Å². The lowest BCUT2D eigenvalue weighted by Crippen LogP contribution is -2.55. The molecular weight excluding hydrogens is 517 g/mol. The molecule has 1 amide bonds. The summed E-state index contributed by atoms with van der Waals surface area (Å²) < 4.78 is 42.0. The predicted octanol–water partition coefficient (Wildman–Crippen LogP) is 5.51. The van der Waals surface area contributed by atoms with Gasteiger partial charge in [-0.3, -0.25) is 14.7 Å². The third-order valence-corrected chi connectivity index (χ3v) is 6.82. The number of anilines is 2. The molecule has 5 nitrogen and oxygen atoms in total. The van der Waals surface area contributed by atoms with Crippen LogP contribution in [0.3, 0.4) is 0 Å². The number of likely N-dealkylation sites (N-methyl/N-ethyl adjacent to an activating group) is 1. The lowest BCUT2D eigenvalue weighted by atomic mass is 10.1. The first-order chi connectivity index (χ1) is 15.5. The average molecular weight is 545 g/mol. The van der Waals surface area contributed by atoms with Crippen molar-refractivity contribution in [2.75, 3.05) is 36.1 Å². The molecule has 0 unspecified atom stereocenters. The van der Waals surface area contributed by atoms with Crippen molar-refractivity contribution in [3.8, 4) is 0 Å². The zero-order valence-corrected chi connectivity index (χ0v) is 21.3. The van der Waals surface area contributed by atoms with Crippen LogP contribution >= 0.6 is 28.6 Å². The first-order valence-electron chi connectivity index (χ1n) is 10.8. The van der Waals surface area contributed by atoms with E-state index in [1.165, 1.54) is 0 Å². The lowest BCUT2D eigenvalue weighted by Gasteiger charge is -2.44. The Morgan fingerprint density at radius 1 is 1.24 bits per heavy atom. The highest BCUT2D eigenvalue weighted by atomic mass is 79.9. The van der Waals surface area contributed by atoms with Crippen molar-refractivity contribution in [2.24, 2.45) is 0 Å². The molecule has 180 valence electrons. The second kappa shape index (κ2) is 10.7. The van der Waals surface area contributed by atoms with Gasteiger partial charge >= 0.3 is 6.18 Å². The minimum absolute atomic E-state index is 0.284. The van der Waals surface area contributed by atoms with Crippen molar-refractivity contribution in [1.29, 1.82) is 0 Å². The molecule has 3 rings (SSSR count). The Kier molecular flexibility index (Phi) is 8.34. The van der Waals surface area contributed by atoms with Crippen LogP contribution in [0, 0.1) is 0 Å². The van der Waals surface area contributed by atoms with Crippen LogP contribution in [0.4, 0.5) is 24.5 Å². The minimum atomic E-state index is -4.67. The summed E-state index contributed by atoms with van der Waals surface area (Å²) >= 11 is 7.50. The Morgan fingerprint density at radius 3 is 2.52 bits per heavy atom. The topological polar surface area (TPSA) is 48.5 Å². The molecule has 0 spiro atoms. The van der Waals surface area contributed by atoms with Crippen LogP contribution in [0.25, 0.3) is 0 Å². The van der Waals surface area contributed by atoms with Crippen LogP contribution in [-0.2, 0) is 12.6 Å². The number of amides is 1. The van der Waals surface area contributed by atoms with E-state index in [0.29, 0.717) is 28.8 Å². The number of rotatable bonds is 6. The number of aromatic nitrogens is 1.